The molecule has 0 bridgehead atoms. The van der Waals surface area contributed by atoms with Gasteiger partial charge in [-0.25, -0.2) is 12.8 Å². The van der Waals surface area contributed by atoms with Crippen LogP contribution in [-0.2, 0) is 21.2 Å². The highest BCUT2D eigenvalue weighted by Gasteiger charge is 2.27. The molecule has 0 unspecified atom stereocenters. The van der Waals surface area contributed by atoms with Crippen molar-refractivity contribution >= 4 is 15.9 Å². The summed E-state index contributed by atoms with van der Waals surface area (Å²) in [6.45, 7) is 1.62. The fourth-order valence-electron chi connectivity index (χ4n) is 3.42. The van der Waals surface area contributed by atoms with Gasteiger partial charge in [-0.05, 0) is 67.3 Å². The first kappa shape index (κ1) is 23.0. The van der Waals surface area contributed by atoms with Crippen LogP contribution in [0.2, 0.25) is 0 Å². The number of hydrogen-bond acceptors (Lipinski definition) is 5. The van der Waals surface area contributed by atoms with Crippen LogP contribution in [0.1, 0.15) is 24.8 Å². The lowest BCUT2D eigenvalue weighted by Gasteiger charge is -2.17. The summed E-state index contributed by atoms with van der Waals surface area (Å²) in [5.41, 5.74) is 0.667. The van der Waals surface area contributed by atoms with Gasteiger partial charge in [-0.2, -0.15) is 4.31 Å². The number of sulfonamides is 1. The van der Waals surface area contributed by atoms with E-state index < -0.39 is 10.0 Å². The molecule has 31 heavy (non-hydrogen) atoms. The van der Waals surface area contributed by atoms with Crippen LogP contribution in [0.15, 0.2) is 47.4 Å². The van der Waals surface area contributed by atoms with E-state index in [1.54, 1.807) is 18.2 Å². The van der Waals surface area contributed by atoms with Crippen LogP contribution in [-0.4, -0.2) is 52.0 Å². The van der Waals surface area contributed by atoms with Crippen molar-refractivity contribution in [3.8, 4) is 11.5 Å². The van der Waals surface area contributed by atoms with Gasteiger partial charge in [0.2, 0.25) is 15.9 Å². The third-order valence-electron chi connectivity index (χ3n) is 5.08. The van der Waals surface area contributed by atoms with Crippen molar-refractivity contribution in [2.45, 2.75) is 30.6 Å². The molecule has 168 valence electrons. The monoisotopic (exact) mass is 450 g/mol. The largest absolute Gasteiger partial charge is 0.496 e. The Labute approximate surface area is 182 Å². The number of amides is 1. The Morgan fingerprint density at radius 1 is 1.13 bits per heavy atom. The number of methoxy groups -OCH3 is 1. The number of halogens is 1. The molecular weight excluding hydrogens is 423 g/mol. The Balaban J connectivity index is 1.52. The second kappa shape index (κ2) is 10.6. The highest BCUT2D eigenvalue weighted by atomic mass is 32.2. The molecule has 0 atom stereocenters. The van der Waals surface area contributed by atoms with E-state index >= 15 is 0 Å². The van der Waals surface area contributed by atoms with E-state index in [1.165, 1.54) is 35.7 Å². The minimum atomic E-state index is -3.53. The number of hydrogen-bond donors (Lipinski definition) is 1. The Morgan fingerprint density at radius 3 is 2.52 bits per heavy atom. The smallest absolute Gasteiger partial charge is 0.243 e. The van der Waals surface area contributed by atoms with Crippen LogP contribution in [0.25, 0.3) is 0 Å². The fraction of sp³-hybridized carbons (Fsp3) is 0.409. The van der Waals surface area contributed by atoms with E-state index in [1.807, 2.05) is 0 Å². The highest BCUT2D eigenvalue weighted by Crippen LogP contribution is 2.27. The van der Waals surface area contributed by atoms with Crippen LogP contribution < -0.4 is 14.8 Å². The minimum Gasteiger partial charge on any atom is -0.496 e. The highest BCUT2D eigenvalue weighted by molar-refractivity contribution is 7.89. The number of nitrogens with zero attached hydrogens (tertiary/aromatic N) is 1. The summed E-state index contributed by atoms with van der Waals surface area (Å²) >= 11 is 0. The number of benzene rings is 2. The Kier molecular flexibility index (Phi) is 7.86. The van der Waals surface area contributed by atoms with Crippen molar-refractivity contribution in [3.05, 3.63) is 53.8 Å². The van der Waals surface area contributed by atoms with Gasteiger partial charge in [-0.1, -0.05) is 0 Å². The first-order valence-electron chi connectivity index (χ1n) is 10.2. The zero-order chi connectivity index (χ0) is 22.3. The Hall–Kier alpha value is -2.65. The second-order valence-corrected chi connectivity index (χ2v) is 9.18. The molecule has 1 fully saturated rings. The van der Waals surface area contributed by atoms with Crippen molar-refractivity contribution in [2.24, 2.45) is 0 Å². The second-order valence-electron chi connectivity index (χ2n) is 7.24. The molecule has 0 aromatic heterocycles. The standard InChI is InChI=1S/C22H27FN2O5S/c1-29-21-10-9-20(31(27,28)25-13-2-3-14-25)16-17(21)4-11-22(26)24-12-15-30-19-7-5-18(23)6-8-19/h5-10,16H,2-4,11-15H2,1H3,(H,24,26). The average Bonchev–Trinajstić information content (AvgIpc) is 3.32. The van der Waals surface area contributed by atoms with Gasteiger partial charge in [-0.15, -0.1) is 0 Å². The van der Waals surface area contributed by atoms with Crippen LogP contribution >= 0.6 is 0 Å². The molecule has 1 N–H and O–H groups in total. The lowest BCUT2D eigenvalue weighted by atomic mass is 10.1. The quantitative estimate of drug-likeness (QED) is 0.563. The number of carbonyl (C=O) groups excluding carboxylic acids is 1. The predicted octanol–water partition coefficient (Wildman–Crippen LogP) is 2.75. The molecule has 0 saturated carbocycles. The number of ether oxygens (including phenoxy) is 2. The summed E-state index contributed by atoms with van der Waals surface area (Å²) in [7, 11) is -2.02. The van der Waals surface area contributed by atoms with E-state index in [0.29, 0.717) is 43.1 Å². The molecule has 2 aromatic carbocycles. The van der Waals surface area contributed by atoms with Gasteiger partial charge < -0.3 is 14.8 Å². The molecule has 1 aliphatic rings. The lowest BCUT2D eigenvalue weighted by Crippen LogP contribution is -2.28. The number of rotatable bonds is 10. The van der Waals surface area contributed by atoms with Crippen molar-refractivity contribution in [3.63, 3.8) is 0 Å². The number of aryl methyl sites for hydroxylation is 1. The SMILES string of the molecule is COc1ccc(S(=O)(=O)N2CCCC2)cc1CCC(=O)NCCOc1ccc(F)cc1. The maximum Gasteiger partial charge on any atom is 0.243 e. The van der Waals surface area contributed by atoms with Crippen LogP contribution in [0.4, 0.5) is 4.39 Å². The summed E-state index contributed by atoms with van der Waals surface area (Å²) in [6, 6.07) is 10.4. The zero-order valence-electron chi connectivity index (χ0n) is 17.5. The van der Waals surface area contributed by atoms with E-state index in [0.717, 1.165) is 12.8 Å². The lowest BCUT2D eigenvalue weighted by molar-refractivity contribution is -0.121. The molecule has 3 rings (SSSR count). The topological polar surface area (TPSA) is 84.9 Å². The van der Waals surface area contributed by atoms with Crippen LogP contribution in [0.5, 0.6) is 11.5 Å². The number of carbonyl (C=O) groups is 1. The van der Waals surface area contributed by atoms with Gasteiger partial charge in [0.25, 0.3) is 0 Å². The normalized spacial score (nSPS) is 14.4. The van der Waals surface area contributed by atoms with E-state index in [4.69, 9.17) is 9.47 Å². The molecular formula is C22H27FN2O5S. The van der Waals surface area contributed by atoms with E-state index in [9.17, 15) is 17.6 Å². The van der Waals surface area contributed by atoms with Gasteiger partial charge in [0, 0.05) is 19.5 Å². The molecule has 1 saturated heterocycles. The molecule has 1 aliphatic heterocycles. The fourth-order valence-corrected chi connectivity index (χ4v) is 4.98. The minimum absolute atomic E-state index is 0.181. The van der Waals surface area contributed by atoms with Crippen molar-refractivity contribution < 1.29 is 27.1 Å². The summed E-state index contributed by atoms with van der Waals surface area (Å²) in [5.74, 6) is 0.551. The molecule has 0 aliphatic carbocycles. The van der Waals surface area contributed by atoms with Crippen LogP contribution in [0, 0.1) is 5.82 Å². The van der Waals surface area contributed by atoms with Crippen molar-refractivity contribution in [1.82, 2.24) is 9.62 Å². The van der Waals surface area contributed by atoms with Crippen LogP contribution in [0.3, 0.4) is 0 Å². The molecule has 0 radical (unpaired) electrons. The molecule has 0 spiro atoms. The average molecular weight is 451 g/mol. The maximum absolute atomic E-state index is 12.9. The maximum atomic E-state index is 12.9. The molecule has 7 nitrogen and oxygen atoms in total. The molecule has 9 heteroatoms. The van der Waals surface area contributed by atoms with E-state index in [2.05, 4.69) is 5.32 Å². The first-order valence-corrected chi connectivity index (χ1v) is 11.7. The Bertz CT molecular complexity index is 989. The van der Waals surface area contributed by atoms with Crippen molar-refractivity contribution in [2.75, 3.05) is 33.4 Å². The Morgan fingerprint density at radius 2 is 1.84 bits per heavy atom. The number of nitrogens with one attached hydrogen (secondary N) is 1. The van der Waals surface area contributed by atoms with E-state index in [-0.39, 0.29) is 29.6 Å². The van der Waals surface area contributed by atoms with Gasteiger partial charge >= 0.3 is 0 Å². The van der Waals surface area contributed by atoms with Gasteiger partial charge in [0.1, 0.15) is 23.9 Å². The summed E-state index contributed by atoms with van der Waals surface area (Å²) < 4.78 is 50.8. The third kappa shape index (κ3) is 6.18. The first-order chi connectivity index (χ1) is 14.9. The third-order valence-corrected chi connectivity index (χ3v) is 6.98. The summed E-state index contributed by atoms with van der Waals surface area (Å²) in [4.78, 5) is 12.4. The zero-order valence-corrected chi connectivity index (χ0v) is 18.3. The predicted molar refractivity (Wildman–Crippen MR) is 114 cm³/mol. The molecule has 1 heterocycles. The van der Waals surface area contributed by atoms with Gasteiger partial charge in [0.15, 0.2) is 0 Å². The summed E-state index contributed by atoms with van der Waals surface area (Å²) in [5, 5.41) is 2.76. The summed E-state index contributed by atoms with van der Waals surface area (Å²) in [6.07, 6.45) is 2.26. The molecule has 1 amide bonds. The molecule has 2 aromatic rings. The van der Waals surface area contributed by atoms with Crippen molar-refractivity contribution in [1.29, 1.82) is 0 Å². The van der Waals surface area contributed by atoms with Gasteiger partial charge in [0.05, 0.1) is 18.6 Å². The van der Waals surface area contributed by atoms with Gasteiger partial charge in [-0.3, -0.25) is 4.79 Å².